The molecule has 0 spiro atoms. The average Bonchev–Trinajstić information content (AvgIpc) is 2.80. The summed E-state index contributed by atoms with van der Waals surface area (Å²) < 4.78 is 13.0. The van der Waals surface area contributed by atoms with E-state index in [1.807, 2.05) is 6.92 Å². The highest BCUT2D eigenvalue weighted by atomic mass is 32.1. The van der Waals surface area contributed by atoms with Crippen LogP contribution in [0.25, 0.3) is 0 Å². The van der Waals surface area contributed by atoms with Gasteiger partial charge in [0.1, 0.15) is 10.8 Å². The molecule has 0 atom stereocenters. The van der Waals surface area contributed by atoms with Gasteiger partial charge in [0.05, 0.1) is 5.69 Å². The van der Waals surface area contributed by atoms with Crippen molar-refractivity contribution in [2.24, 2.45) is 0 Å². The molecule has 2 aromatic rings. The summed E-state index contributed by atoms with van der Waals surface area (Å²) in [5.41, 5.74) is 5.64. The molecule has 1 amide bonds. The molecule has 1 aromatic carbocycles. The Bertz CT molecular complexity index is 599. The van der Waals surface area contributed by atoms with E-state index in [0.717, 1.165) is 23.9 Å². The molecule has 0 saturated heterocycles. The first-order valence-corrected chi connectivity index (χ1v) is 6.60. The lowest BCUT2D eigenvalue weighted by molar-refractivity contribution is 0.102. The number of amides is 1. The number of halogens is 1. The molecule has 0 aliphatic carbocycles. The van der Waals surface area contributed by atoms with Crippen molar-refractivity contribution in [1.82, 2.24) is 10.2 Å². The van der Waals surface area contributed by atoms with Crippen LogP contribution in [0.15, 0.2) is 18.2 Å². The fraction of sp³-hybridized carbons (Fsp3) is 0.250. The predicted octanol–water partition coefficient (Wildman–Crippen LogP) is 2.46. The number of carbonyl (C=O) groups is 1. The van der Waals surface area contributed by atoms with E-state index in [-0.39, 0.29) is 17.2 Å². The molecule has 1 aromatic heterocycles. The number of nitrogens with one attached hydrogen (secondary N) is 1. The first-order chi connectivity index (χ1) is 9.10. The van der Waals surface area contributed by atoms with Crippen molar-refractivity contribution in [1.29, 1.82) is 0 Å². The zero-order chi connectivity index (χ0) is 13.8. The number of carbonyl (C=O) groups excluding carboxylic acids is 1. The van der Waals surface area contributed by atoms with Crippen molar-refractivity contribution in [3.05, 3.63) is 34.6 Å². The van der Waals surface area contributed by atoms with Crippen LogP contribution in [-0.4, -0.2) is 16.1 Å². The van der Waals surface area contributed by atoms with Crippen molar-refractivity contribution in [2.75, 3.05) is 11.1 Å². The molecule has 7 heteroatoms. The number of hydrogen-bond donors (Lipinski definition) is 2. The number of nitrogens with two attached hydrogens (primary N) is 1. The van der Waals surface area contributed by atoms with Crippen LogP contribution in [-0.2, 0) is 6.42 Å². The molecule has 0 saturated carbocycles. The summed E-state index contributed by atoms with van der Waals surface area (Å²) in [6.45, 7) is 2.04. The second-order valence-corrected chi connectivity index (χ2v) is 5.00. The Labute approximate surface area is 113 Å². The maximum absolute atomic E-state index is 13.0. The number of aryl methyl sites for hydroxylation is 1. The van der Waals surface area contributed by atoms with Gasteiger partial charge in [-0.2, -0.15) is 0 Å². The maximum Gasteiger partial charge on any atom is 0.257 e. The number of hydrogen-bond acceptors (Lipinski definition) is 5. The van der Waals surface area contributed by atoms with Crippen molar-refractivity contribution in [3.63, 3.8) is 0 Å². The summed E-state index contributed by atoms with van der Waals surface area (Å²) in [7, 11) is 0. The van der Waals surface area contributed by atoms with Crippen LogP contribution in [0.5, 0.6) is 0 Å². The Morgan fingerprint density at radius 1 is 1.47 bits per heavy atom. The van der Waals surface area contributed by atoms with Gasteiger partial charge in [0, 0.05) is 12.0 Å². The molecule has 19 heavy (non-hydrogen) atoms. The molecule has 0 radical (unpaired) electrons. The zero-order valence-electron chi connectivity index (χ0n) is 10.3. The Balaban J connectivity index is 2.09. The molecule has 0 fully saturated rings. The van der Waals surface area contributed by atoms with E-state index in [0.29, 0.717) is 5.13 Å². The molecule has 1 heterocycles. The largest absolute Gasteiger partial charge is 0.396 e. The van der Waals surface area contributed by atoms with E-state index >= 15 is 0 Å². The maximum atomic E-state index is 13.0. The van der Waals surface area contributed by atoms with E-state index in [1.54, 1.807) is 0 Å². The van der Waals surface area contributed by atoms with Gasteiger partial charge in [-0.25, -0.2) is 4.39 Å². The van der Waals surface area contributed by atoms with Crippen LogP contribution in [0.4, 0.5) is 15.2 Å². The summed E-state index contributed by atoms with van der Waals surface area (Å²) in [6, 6.07) is 3.82. The Hall–Kier alpha value is -2.02. The monoisotopic (exact) mass is 280 g/mol. The third-order valence-corrected chi connectivity index (χ3v) is 3.31. The zero-order valence-corrected chi connectivity index (χ0v) is 11.1. The average molecular weight is 280 g/mol. The van der Waals surface area contributed by atoms with E-state index in [4.69, 9.17) is 5.73 Å². The smallest absolute Gasteiger partial charge is 0.257 e. The second kappa shape index (κ2) is 5.75. The van der Waals surface area contributed by atoms with Crippen LogP contribution in [0.3, 0.4) is 0 Å². The summed E-state index contributed by atoms with van der Waals surface area (Å²) in [5.74, 6) is -0.927. The highest BCUT2D eigenvalue weighted by molar-refractivity contribution is 7.15. The van der Waals surface area contributed by atoms with Crippen LogP contribution in [0.1, 0.15) is 28.7 Å². The molecule has 0 aliphatic heterocycles. The van der Waals surface area contributed by atoms with E-state index < -0.39 is 5.82 Å². The molecule has 0 unspecified atom stereocenters. The van der Waals surface area contributed by atoms with Gasteiger partial charge in [-0.05, 0) is 24.6 Å². The normalized spacial score (nSPS) is 10.4. The van der Waals surface area contributed by atoms with Crippen molar-refractivity contribution in [2.45, 2.75) is 19.8 Å². The Morgan fingerprint density at radius 2 is 2.26 bits per heavy atom. The Kier molecular flexibility index (Phi) is 4.06. The van der Waals surface area contributed by atoms with Gasteiger partial charge in [0.15, 0.2) is 0 Å². The van der Waals surface area contributed by atoms with Crippen molar-refractivity contribution in [3.8, 4) is 0 Å². The topological polar surface area (TPSA) is 80.9 Å². The van der Waals surface area contributed by atoms with Gasteiger partial charge in [-0.1, -0.05) is 18.3 Å². The molecule has 0 bridgehead atoms. The number of aromatic nitrogens is 2. The lowest BCUT2D eigenvalue weighted by Crippen LogP contribution is -2.12. The first kappa shape index (κ1) is 13.4. The van der Waals surface area contributed by atoms with Gasteiger partial charge >= 0.3 is 0 Å². The van der Waals surface area contributed by atoms with Crippen LogP contribution in [0.2, 0.25) is 0 Å². The van der Waals surface area contributed by atoms with Gasteiger partial charge in [-0.3, -0.25) is 10.1 Å². The molecular weight excluding hydrogens is 267 g/mol. The SMILES string of the molecule is CCCc1nnc(NC(=O)c2ccc(F)c(N)c2)s1. The number of benzene rings is 1. The minimum Gasteiger partial charge on any atom is -0.396 e. The summed E-state index contributed by atoms with van der Waals surface area (Å²) in [5, 5.41) is 11.7. The molecule has 2 rings (SSSR count). The summed E-state index contributed by atoms with van der Waals surface area (Å²) in [6.07, 6.45) is 1.80. The van der Waals surface area contributed by atoms with Gasteiger partial charge < -0.3 is 5.73 Å². The van der Waals surface area contributed by atoms with E-state index in [9.17, 15) is 9.18 Å². The molecule has 3 N–H and O–H groups in total. The molecular formula is C12H13FN4OS. The highest BCUT2D eigenvalue weighted by Gasteiger charge is 2.11. The first-order valence-electron chi connectivity index (χ1n) is 5.79. The third-order valence-electron chi connectivity index (χ3n) is 2.41. The van der Waals surface area contributed by atoms with E-state index in [2.05, 4.69) is 15.5 Å². The van der Waals surface area contributed by atoms with Gasteiger partial charge in [0.2, 0.25) is 5.13 Å². The lowest BCUT2D eigenvalue weighted by Gasteiger charge is -2.02. The van der Waals surface area contributed by atoms with Crippen LogP contribution in [0, 0.1) is 5.82 Å². The molecule has 5 nitrogen and oxygen atoms in total. The van der Waals surface area contributed by atoms with Crippen LogP contribution >= 0.6 is 11.3 Å². The fourth-order valence-electron chi connectivity index (χ4n) is 1.47. The summed E-state index contributed by atoms with van der Waals surface area (Å²) in [4.78, 5) is 11.9. The predicted molar refractivity (Wildman–Crippen MR) is 72.7 cm³/mol. The van der Waals surface area contributed by atoms with Gasteiger partial charge in [-0.15, -0.1) is 10.2 Å². The highest BCUT2D eigenvalue weighted by Crippen LogP contribution is 2.18. The minimum atomic E-state index is -0.544. The second-order valence-electron chi connectivity index (χ2n) is 3.94. The number of rotatable bonds is 4. The fourth-order valence-corrected chi connectivity index (χ4v) is 2.31. The van der Waals surface area contributed by atoms with Gasteiger partial charge in [0.25, 0.3) is 5.91 Å². The third kappa shape index (κ3) is 3.25. The number of nitrogen functional groups attached to an aromatic ring is 1. The minimum absolute atomic E-state index is 0.0587. The molecule has 100 valence electrons. The standard InChI is InChI=1S/C12H13FN4OS/c1-2-3-10-16-17-12(19-10)15-11(18)7-4-5-8(13)9(14)6-7/h4-6H,2-3,14H2,1H3,(H,15,17,18). The number of anilines is 2. The van der Waals surface area contributed by atoms with Crippen molar-refractivity contribution < 1.29 is 9.18 Å². The van der Waals surface area contributed by atoms with E-state index in [1.165, 1.54) is 23.5 Å². The quantitative estimate of drug-likeness (QED) is 0.843. The summed E-state index contributed by atoms with van der Waals surface area (Å²) >= 11 is 1.33. The molecule has 0 aliphatic rings. The number of nitrogens with zero attached hydrogens (tertiary/aromatic N) is 2. The van der Waals surface area contributed by atoms with Crippen molar-refractivity contribution >= 4 is 28.1 Å². The van der Waals surface area contributed by atoms with Crippen LogP contribution < -0.4 is 11.1 Å². The Morgan fingerprint density at radius 3 is 2.95 bits per heavy atom. The lowest BCUT2D eigenvalue weighted by atomic mass is 10.2.